The fourth-order valence-electron chi connectivity index (χ4n) is 3.44. The van der Waals surface area contributed by atoms with Gasteiger partial charge >= 0.3 is 0 Å². The highest BCUT2D eigenvalue weighted by Gasteiger charge is 2.26. The highest BCUT2D eigenvalue weighted by molar-refractivity contribution is 7.09. The van der Waals surface area contributed by atoms with Crippen molar-refractivity contribution in [2.75, 3.05) is 13.2 Å². The van der Waals surface area contributed by atoms with Crippen molar-refractivity contribution in [3.63, 3.8) is 0 Å². The highest BCUT2D eigenvalue weighted by atomic mass is 32.1. The van der Waals surface area contributed by atoms with Crippen molar-refractivity contribution in [2.24, 2.45) is 5.73 Å². The second-order valence-electron chi connectivity index (χ2n) is 10.1. The predicted octanol–water partition coefficient (Wildman–Crippen LogP) is 6.52. The van der Waals surface area contributed by atoms with Crippen LogP contribution < -0.4 is 15.8 Å². The molecule has 1 unspecified atom stereocenters. The maximum atomic E-state index is 12.3. The third kappa shape index (κ3) is 7.28. The normalized spacial score (nSPS) is 13.1. The molecule has 0 fully saturated rings. The molecule has 6 heteroatoms. The first kappa shape index (κ1) is 27.3. The lowest BCUT2D eigenvalue weighted by Gasteiger charge is -2.30. The molecule has 3 N–H and O–H groups in total. The number of nitrogens with one attached hydrogen (secondary N) is 1. The van der Waals surface area contributed by atoms with Crippen LogP contribution in [-0.4, -0.2) is 24.0 Å². The number of hydrogen-bond acceptors (Lipinski definition) is 5. The van der Waals surface area contributed by atoms with Crippen molar-refractivity contribution in [2.45, 2.75) is 97.4 Å². The van der Waals surface area contributed by atoms with Crippen LogP contribution in [0.1, 0.15) is 113 Å². The van der Waals surface area contributed by atoms with Gasteiger partial charge in [-0.05, 0) is 54.6 Å². The standard InChI is InChI=1S/C27H43N3O2S/c1-8-21(28)25-30-22(18-33-25)24(31)29-15-11-12-16-32-23-14-13-19(26(4,5)9-2)17-20(23)27(6,7)10-3/h13-14,17-18,21H,8-12,15-16,28H2,1-7H3,(H,29,31). The Kier molecular flexibility index (Phi) is 9.92. The minimum absolute atomic E-state index is 0.0514. The summed E-state index contributed by atoms with van der Waals surface area (Å²) in [4.78, 5) is 16.7. The SMILES string of the molecule is CCC(N)c1nc(C(=O)NCCCCOc2ccc(C(C)(C)CC)cc2C(C)(C)CC)cs1. The van der Waals surface area contributed by atoms with Gasteiger partial charge in [0.1, 0.15) is 16.5 Å². The van der Waals surface area contributed by atoms with Crippen LogP contribution in [0.3, 0.4) is 0 Å². The molecule has 0 bridgehead atoms. The van der Waals surface area contributed by atoms with E-state index in [0.29, 0.717) is 18.8 Å². The number of nitrogens with zero attached hydrogens (tertiary/aromatic N) is 1. The Bertz CT molecular complexity index is 905. The molecular weight excluding hydrogens is 430 g/mol. The lowest BCUT2D eigenvalue weighted by atomic mass is 9.76. The van der Waals surface area contributed by atoms with Gasteiger partial charge in [0.15, 0.2) is 0 Å². The van der Waals surface area contributed by atoms with Crippen LogP contribution in [0.15, 0.2) is 23.6 Å². The second-order valence-corrected chi connectivity index (χ2v) is 11.0. The minimum Gasteiger partial charge on any atom is -0.493 e. The van der Waals surface area contributed by atoms with E-state index in [4.69, 9.17) is 10.5 Å². The third-order valence-electron chi connectivity index (χ3n) is 6.88. The number of carbonyl (C=O) groups is 1. The van der Waals surface area contributed by atoms with Gasteiger partial charge < -0.3 is 15.8 Å². The Morgan fingerprint density at radius 2 is 1.82 bits per heavy atom. The number of unbranched alkanes of at least 4 members (excludes halogenated alkanes) is 1. The minimum atomic E-state index is -0.136. The van der Waals surface area contributed by atoms with E-state index < -0.39 is 0 Å². The summed E-state index contributed by atoms with van der Waals surface area (Å²) in [6, 6.07) is 6.59. The van der Waals surface area contributed by atoms with Gasteiger partial charge in [-0.1, -0.05) is 60.6 Å². The number of aromatic nitrogens is 1. The molecule has 0 aliphatic heterocycles. The molecule has 1 heterocycles. The maximum Gasteiger partial charge on any atom is 0.270 e. The molecule has 0 spiro atoms. The fourth-order valence-corrected chi connectivity index (χ4v) is 4.32. The lowest BCUT2D eigenvalue weighted by Crippen LogP contribution is -2.25. The molecule has 184 valence electrons. The summed E-state index contributed by atoms with van der Waals surface area (Å²) < 4.78 is 6.22. The van der Waals surface area contributed by atoms with Gasteiger partial charge in [0.2, 0.25) is 0 Å². The van der Waals surface area contributed by atoms with Gasteiger partial charge in [0.25, 0.3) is 5.91 Å². The number of benzene rings is 1. The summed E-state index contributed by atoms with van der Waals surface area (Å²) in [5.74, 6) is 0.839. The summed E-state index contributed by atoms with van der Waals surface area (Å²) in [5, 5.41) is 5.55. The van der Waals surface area contributed by atoms with Crippen molar-refractivity contribution < 1.29 is 9.53 Å². The van der Waals surface area contributed by atoms with Gasteiger partial charge in [-0.3, -0.25) is 4.79 Å². The maximum absolute atomic E-state index is 12.3. The molecule has 1 atom stereocenters. The molecule has 5 nitrogen and oxygen atoms in total. The number of thiazole rings is 1. The smallest absolute Gasteiger partial charge is 0.270 e. The summed E-state index contributed by atoms with van der Waals surface area (Å²) >= 11 is 1.45. The molecule has 2 aromatic rings. The third-order valence-corrected chi connectivity index (χ3v) is 7.86. The molecule has 33 heavy (non-hydrogen) atoms. The quantitative estimate of drug-likeness (QED) is 0.325. The molecule has 1 aromatic heterocycles. The number of ether oxygens (including phenoxy) is 1. The van der Waals surface area contributed by atoms with Crippen molar-refractivity contribution >= 4 is 17.2 Å². The van der Waals surface area contributed by atoms with E-state index in [9.17, 15) is 4.79 Å². The first-order chi connectivity index (χ1) is 15.6. The van der Waals surface area contributed by atoms with Gasteiger partial charge in [0, 0.05) is 17.5 Å². The Hall–Kier alpha value is -1.92. The van der Waals surface area contributed by atoms with E-state index in [0.717, 1.165) is 42.9 Å². The number of hydrogen-bond donors (Lipinski definition) is 2. The Balaban J connectivity index is 1.88. The number of rotatable bonds is 13. The average Bonchev–Trinajstić information content (AvgIpc) is 3.31. The molecule has 1 amide bonds. The van der Waals surface area contributed by atoms with Crippen molar-refractivity contribution in [1.29, 1.82) is 0 Å². The lowest BCUT2D eigenvalue weighted by molar-refractivity contribution is 0.0948. The molecule has 2 rings (SSSR count). The van der Waals surface area contributed by atoms with Crippen LogP contribution in [0.25, 0.3) is 0 Å². The number of nitrogens with two attached hydrogens (primary N) is 1. The van der Waals surface area contributed by atoms with E-state index in [1.54, 1.807) is 5.38 Å². The van der Waals surface area contributed by atoms with Crippen LogP contribution in [0, 0.1) is 0 Å². The average molecular weight is 474 g/mol. The Morgan fingerprint density at radius 3 is 2.45 bits per heavy atom. The van der Waals surface area contributed by atoms with E-state index in [1.807, 2.05) is 6.92 Å². The van der Waals surface area contributed by atoms with Gasteiger partial charge in [0.05, 0.1) is 12.6 Å². The first-order valence-electron chi connectivity index (χ1n) is 12.3. The van der Waals surface area contributed by atoms with E-state index >= 15 is 0 Å². The van der Waals surface area contributed by atoms with Crippen LogP contribution in [0.4, 0.5) is 0 Å². The summed E-state index contributed by atoms with van der Waals surface area (Å²) in [5.41, 5.74) is 9.29. The van der Waals surface area contributed by atoms with E-state index in [-0.39, 0.29) is 22.8 Å². The van der Waals surface area contributed by atoms with Crippen molar-refractivity contribution in [3.05, 3.63) is 45.4 Å². The molecule has 0 aliphatic carbocycles. The zero-order chi connectivity index (χ0) is 24.6. The van der Waals surface area contributed by atoms with Gasteiger partial charge in [-0.15, -0.1) is 11.3 Å². The number of amides is 1. The van der Waals surface area contributed by atoms with E-state index in [2.05, 4.69) is 70.0 Å². The van der Waals surface area contributed by atoms with Gasteiger partial charge in [-0.2, -0.15) is 0 Å². The fraction of sp³-hybridized carbons (Fsp3) is 0.630. The molecular formula is C27H43N3O2S. The summed E-state index contributed by atoms with van der Waals surface area (Å²) in [6.07, 6.45) is 4.68. The van der Waals surface area contributed by atoms with Crippen molar-refractivity contribution in [1.82, 2.24) is 10.3 Å². The molecule has 0 saturated heterocycles. The largest absolute Gasteiger partial charge is 0.493 e. The van der Waals surface area contributed by atoms with Crippen LogP contribution in [0.5, 0.6) is 5.75 Å². The highest BCUT2D eigenvalue weighted by Crippen LogP contribution is 2.38. The topological polar surface area (TPSA) is 77.2 Å². The van der Waals surface area contributed by atoms with Crippen LogP contribution in [0.2, 0.25) is 0 Å². The first-order valence-corrected chi connectivity index (χ1v) is 13.2. The van der Waals surface area contributed by atoms with Crippen molar-refractivity contribution in [3.8, 4) is 5.75 Å². The second kappa shape index (κ2) is 12.0. The molecule has 1 aromatic carbocycles. The summed E-state index contributed by atoms with van der Waals surface area (Å²) in [6.45, 7) is 16.9. The molecule has 0 aliphatic rings. The van der Waals surface area contributed by atoms with Gasteiger partial charge in [-0.25, -0.2) is 4.98 Å². The Morgan fingerprint density at radius 1 is 1.12 bits per heavy atom. The monoisotopic (exact) mass is 473 g/mol. The summed E-state index contributed by atoms with van der Waals surface area (Å²) in [7, 11) is 0. The zero-order valence-corrected chi connectivity index (χ0v) is 22.4. The molecule has 0 radical (unpaired) electrons. The zero-order valence-electron chi connectivity index (χ0n) is 21.6. The molecule has 0 saturated carbocycles. The van der Waals surface area contributed by atoms with Crippen LogP contribution in [-0.2, 0) is 10.8 Å². The Labute approximate surface area is 204 Å². The predicted molar refractivity (Wildman–Crippen MR) is 139 cm³/mol. The number of carbonyl (C=O) groups excluding carboxylic acids is 1. The van der Waals surface area contributed by atoms with E-state index in [1.165, 1.54) is 22.5 Å². The van der Waals surface area contributed by atoms with Crippen LogP contribution >= 0.6 is 11.3 Å².